The highest BCUT2D eigenvalue weighted by Gasteiger charge is 2.49. The molecule has 8 nitrogen and oxygen atoms in total. The first-order valence-electron chi connectivity index (χ1n) is 14.1. The molecule has 1 heterocycles. The van der Waals surface area contributed by atoms with Gasteiger partial charge in [0.2, 0.25) is 11.8 Å². The van der Waals surface area contributed by atoms with Crippen LogP contribution in [0.3, 0.4) is 0 Å². The summed E-state index contributed by atoms with van der Waals surface area (Å²) in [5, 5.41) is 22.1. The van der Waals surface area contributed by atoms with Gasteiger partial charge in [-0.3, -0.25) is 9.59 Å². The second-order valence-corrected chi connectivity index (χ2v) is 12.0. The lowest BCUT2D eigenvalue weighted by Crippen LogP contribution is -2.58. The van der Waals surface area contributed by atoms with Gasteiger partial charge in [0, 0.05) is 43.1 Å². The van der Waals surface area contributed by atoms with Gasteiger partial charge in [-0.25, -0.2) is 0 Å². The van der Waals surface area contributed by atoms with Crippen molar-refractivity contribution in [2.75, 3.05) is 12.4 Å². The van der Waals surface area contributed by atoms with Crippen LogP contribution in [-0.2, 0) is 15.1 Å². The smallest absolute Gasteiger partial charge is 0.225 e. The summed E-state index contributed by atoms with van der Waals surface area (Å²) < 4.78 is 0. The lowest BCUT2D eigenvalue weighted by Gasteiger charge is -2.49. The average Bonchev–Trinajstić information content (AvgIpc) is 2.92. The normalized spacial score (nSPS) is 26.0. The van der Waals surface area contributed by atoms with Crippen molar-refractivity contribution in [1.82, 2.24) is 15.1 Å². The molecular weight excluding hydrogens is 502 g/mol. The summed E-state index contributed by atoms with van der Waals surface area (Å²) in [5.74, 6) is 0.732. The van der Waals surface area contributed by atoms with Crippen molar-refractivity contribution in [1.29, 1.82) is 0 Å². The van der Waals surface area contributed by atoms with Crippen molar-refractivity contribution in [2.24, 2.45) is 11.7 Å². The summed E-state index contributed by atoms with van der Waals surface area (Å²) in [4.78, 5) is 26.4. The molecule has 0 saturated heterocycles. The largest absolute Gasteiger partial charge is 0.390 e. The third kappa shape index (κ3) is 6.08. The SMILES string of the molecule is CC(=O)N(C)C1CCC(CC(=O)Nc2cc(-c3ccccc3)c(-c3ccc(C4(N)CC(C)(O)C4)cc3)nn2)CC1. The second-order valence-electron chi connectivity index (χ2n) is 12.0. The molecule has 5 rings (SSSR count). The zero-order valence-corrected chi connectivity index (χ0v) is 23.6. The van der Waals surface area contributed by atoms with Crippen molar-refractivity contribution in [3.63, 3.8) is 0 Å². The lowest BCUT2D eigenvalue weighted by molar-refractivity contribution is -0.130. The van der Waals surface area contributed by atoms with Crippen LogP contribution >= 0.6 is 0 Å². The predicted octanol–water partition coefficient (Wildman–Crippen LogP) is 4.88. The lowest BCUT2D eigenvalue weighted by atomic mass is 9.63. The van der Waals surface area contributed by atoms with Crippen LogP contribution in [0.15, 0.2) is 60.7 Å². The highest BCUT2D eigenvalue weighted by atomic mass is 16.3. The Labute approximate surface area is 236 Å². The van der Waals surface area contributed by atoms with Gasteiger partial charge >= 0.3 is 0 Å². The van der Waals surface area contributed by atoms with Gasteiger partial charge in [0.15, 0.2) is 5.82 Å². The van der Waals surface area contributed by atoms with Gasteiger partial charge in [0.1, 0.15) is 5.69 Å². The van der Waals surface area contributed by atoms with Gasteiger partial charge in [-0.15, -0.1) is 10.2 Å². The second kappa shape index (κ2) is 11.1. The number of anilines is 1. The minimum Gasteiger partial charge on any atom is -0.390 e. The number of nitrogens with one attached hydrogen (secondary N) is 1. The van der Waals surface area contributed by atoms with E-state index in [4.69, 9.17) is 5.73 Å². The molecule has 0 aliphatic heterocycles. The number of aliphatic hydroxyl groups is 1. The number of benzene rings is 2. The van der Waals surface area contributed by atoms with E-state index in [1.165, 1.54) is 0 Å². The third-order valence-electron chi connectivity index (χ3n) is 8.61. The Balaban J connectivity index is 1.30. The third-order valence-corrected chi connectivity index (χ3v) is 8.61. The topological polar surface area (TPSA) is 121 Å². The van der Waals surface area contributed by atoms with Crippen LogP contribution in [0.4, 0.5) is 5.82 Å². The van der Waals surface area contributed by atoms with Gasteiger partial charge in [-0.05, 0) is 68.6 Å². The van der Waals surface area contributed by atoms with Gasteiger partial charge in [0.05, 0.1) is 5.60 Å². The average molecular weight is 542 g/mol. The van der Waals surface area contributed by atoms with Gasteiger partial charge in [-0.1, -0.05) is 54.6 Å². The minimum atomic E-state index is -0.717. The Hall–Kier alpha value is -3.62. The van der Waals surface area contributed by atoms with E-state index in [1.54, 1.807) is 6.92 Å². The van der Waals surface area contributed by atoms with Crippen LogP contribution in [-0.4, -0.2) is 50.7 Å². The molecule has 0 bridgehead atoms. The molecule has 2 aliphatic carbocycles. The molecule has 2 aromatic carbocycles. The highest BCUT2D eigenvalue weighted by molar-refractivity contribution is 5.91. The molecular formula is C32H39N5O3. The van der Waals surface area contributed by atoms with E-state index in [2.05, 4.69) is 15.5 Å². The maximum Gasteiger partial charge on any atom is 0.225 e. The van der Waals surface area contributed by atoms with E-state index in [0.717, 1.165) is 53.6 Å². The summed E-state index contributed by atoms with van der Waals surface area (Å²) in [6.07, 6.45) is 5.17. The number of rotatable bonds is 7. The quantitative estimate of drug-likeness (QED) is 0.392. The first-order valence-corrected chi connectivity index (χ1v) is 14.1. The van der Waals surface area contributed by atoms with Crippen molar-refractivity contribution in [3.8, 4) is 22.4 Å². The first kappa shape index (κ1) is 27.9. The maximum atomic E-state index is 12.9. The van der Waals surface area contributed by atoms with Crippen LogP contribution in [0.1, 0.15) is 64.4 Å². The monoisotopic (exact) mass is 541 g/mol. The number of carbonyl (C=O) groups excluding carboxylic acids is 2. The molecule has 2 saturated carbocycles. The Morgan fingerprint density at radius 3 is 2.25 bits per heavy atom. The zero-order chi connectivity index (χ0) is 28.5. The van der Waals surface area contributed by atoms with Crippen LogP contribution < -0.4 is 11.1 Å². The standard InChI is InChI=1S/C32H39N5O3/c1-21(38)37(3)26-15-9-22(10-16-26)17-29(39)34-28-18-27(23-7-5-4-6-8-23)30(36-35-28)24-11-13-25(14-12-24)32(33)19-31(2,40)20-32/h4-8,11-14,18,22,26,40H,9-10,15-17,19-20,33H2,1-3H3,(H,34,35,39). The van der Waals surface area contributed by atoms with E-state index in [9.17, 15) is 14.7 Å². The predicted molar refractivity (Wildman–Crippen MR) is 156 cm³/mol. The van der Waals surface area contributed by atoms with Gasteiger partial charge in [0.25, 0.3) is 0 Å². The maximum absolute atomic E-state index is 12.9. The summed E-state index contributed by atoms with van der Waals surface area (Å²) in [5.41, 5.74) is 9.75. The fourth-order valence-corrected chi connectivity index (χ4v) is 6.42. The van der Waals surface area contributed by atoms with Crippen molar-refractivity contribution in [2.45, 2.75) is 76.0 Å². The first-order chi connectivity index (χ1) is 19.0. The number of aromatic nitrogens is 2. The molecule has 2 aliphatic rings. The molecule has 3 aromatic rings. The van der Waals surface area contributed by atoms with E-state index in [0.29, 0.717) is 31.0 Å². The Morgan fingerprint density at radius 1 is 1.00 bits per heavy atom. The molecule has 0 radical (unpaired) electrons. The Bertz CT molecular complexity index is 1360. The van der Waals surface area contributed by atoms with E-state index >= 15 is 0 Å². The molecule has 2 fully saturated rings. The van der Waals surface area contributed by atoms with Crippen LogP contribution in [0, 0.1) is 5.92 Å². The molecule has 0 unspecified atom stereocenters. The molecule has 40 heavy (non-hydrogen) atoms. The van der Waals surface area contributed by atoms with Gasteiger partial charge in [-0.2, -0.15) is 0 Å². The van der Waals surface area contributed by atoms with Gasteiger partial charge < -0.3 is 21.1 Å². The van der Waals surface area contributed by atoms with Crippen molar-refractivity contribution >= 4 is 17.6 Å². The molecule has 0 spiro atoms. The van der Waals surface area contributed by atoms with E-state index in [1.807, 2.05) is 79.5 Å². The van der Waals surface area contributed by atoms with Crippen molar-refractivity contribution < 1.29 is 14.7 Å². The fraction of sp³-hybridized carbons (Fsp3) is 0.438. The number of carbonyl (C=O) groups is 2. The summed E-state index contributed by atoms with van der Waals surface area (Å²) in [6, 6.07) is 20.1. The van der Waals surface area contributed by atoms with E-state index < -0.39 is 11.1 Å². The molecule has 2 amide bonds. The molecule has 8 heteroatoms. The molecule has 210 valence electrons. The molecule has 4 N–H and O–H groups in total. The van der Waals surface area contributed by atoms with E-state index in [-0.39, 0.29) is 17.9 Å². The molecule has 0 atom stereocenters. The number of nitrogens with two attached hydrogens (primary N) is 1. The summed E-state index contributed by atoms with van der Waals surface area (Å²) >= 11 is 0. The fourth-order valence-electron chi connectivity index (χ4n) is 6.42. The summed E-state index contributed by atoms with van der Waals surface area (Å²) in [7, 11) is 1.86. The zero-order valence-electron chi connectivity index (χ0n) is 23.6. The minimum absolute atomic E-state index is 0.0709. The molecule has 1 aromatic heterocycles. The van der Waals surface area contributed by atoms with Crippen molar-refractivity contribution in [3.05, 3.63) is 66.2 Å². The van der Waals surface area contributed by atoms with Crippen LogP contribution in [0.25, 0.3) is 22.4 Å². The number of hydrogen-bond donors (Lipinski definition) is 3. The number of hydrogen-bond acceptors (Lipinski definition) is 6. The summed E-state index contributed by atoms with van der Waals surface area (Å²) in [6.45, 7) is 3.41. The van der Waals surface area contributed by atoms with Crippen LogP contribution in [0.2, 0.25) is 0 Å². The van der Waals surface area contributed by atoms with Crippen LogP contribution in [0.5, 0.6) is 0 Å². The Morgan fingerprint density at radius 2 is 1.65 bits per heavy atom. The Kier molecular flexibility index (Phi) is 7.75. The number of nitrogens with zero attached hydrogens (tertiary/aromatic N) is 3. The number of amides is 2. The highest BCUT2D eigenvalue weighted by Crippen LogP contribution is 2.46.